The molecule has 19 heavy (non-hydrogen) atoms. The number of likely N-dealkylation sites (tertiary alicyclic amines) is 1. The third-order valence-electron chi connectivity index (χ3n) is 4.97. The highest BCUT2D eigenvalue weighted by atomic mass is 15.2. The van der Waals surface area contributed by atoms with Crippen LogP contribution in [0.1, 0.15) is 19.8 Å². The summed E-state index contributed by atoms with van der Waals surface area (Å²) in [5.74, 6) is 1.61. The molecule has 2 N–H and O–H groups in total. The SMILES string of the molecule is CNC(C(C)CN1CCNCC1)C1CCN(C)CC1. The average molecular weight is 268 g/mol. The van der Waals surface area contributed by atoms with Gasteiger partial charge in [-0.15, -0.1) is 0 Å². The first kappa shape index (κ1) is 15.2. The molecule has 0 radical (unpaired) electrons. The quantitative estimate of drug-likeness (QED) is 0.758. The van der Waals surface area contributed by atoms with Crippen molar-refractivity contribution in [1.29, 1.82) is 0 Å². The molecule has 2 aliphatic rings. The first-order valence-corrected chi connectivity index (χ1v) is 7.99. The topological polar surface area (TPSA) is 30.5 Å². The molecule has 112 valence electrons. The van der Waals surface area contributed by atoms with Gasteiger partial charge in [-0.25, -0.2) is 0 Å². The van der Waals surface area contributed by atoms with Gasteiger partial charge in [-0.05, 0) is 51.9 Å². The largest absolute Gasteiger partial charge is 0.316 e. The van der Waals surface area contributed by atoms with Gasteiger partial charge in [0.2, 0.25) is 0 Å². The smallest absolute Gasteiger partial charge is 0.0131 e. The van der Waals surface area contributed by atoms with Crippen LogP contribution in [-0.2, 0) is 0 Å². The summed E-state index contributed by atoms with van der Waals surface area (Å²) in [4.78, 5) is 5.09. The summed E-state index contributed by atoms with van der Waals surface area (Å²) in [6.07, 6.45) is 2.71. The van der Waals surface area contributed by atoms with Crippen LogP contribution in [0.15, 0.2) is 0 Å². The monoisotopic (exact) mass is 268 g/mol. The van der Waals surface area contributed by atoms with E-state index in [1.54, 1.807) is 0 Å². The average Bonchev–Trinajstić information content (AvgIpc) is 2.43. The van der Waals surface area contributed by atoms with E-state index in [2.05, 4.69) is 41.5 Å². The molecule has 0 saturated carbocycles. The fraction of sp³-hybridized carbons (Fsp3) is 1.00. The van der Waals surface area contributed by atoms with E-state index in [0.29, 0.717) is 6.04 Å². The molecule has 4 nitrogen and oxygen atoms in total. The molecular weight excluding hydrogens is 236 g/mol. The maximum Gasteiger partial charge on any atom is 0.0131 e. The third-order valence-corrected chi connectivity index (χ3v) is 4.97. The number of hydrogen-bond donors (Lipinski definition) is 2. The molecule has 2 rings (SSSR count). The summed E-state index contributed by atoms with van der Waals surface area (Å²) in [5.41, 5.74) is 0. The Hall–Kier alpha value is -0.160. The van der Waals surface area contributed by atoms with E-state index in [4.69, 9.17) is 0 Å². The Kier molecular flexibility index (Phi) is 6.07. The van der Waals surface area contributed by atoms with Gasteiger partial charge in [0.15, 0.2) is 0 Å². The van der Waals surface area contributed by atoms with E-state index < -0.39 is 0 Å². The lowest BCUT2D eigenvalue weighted by atomic mass is 9.82. The van der Waals surface area contributed by atoms with E-state index >= 15 is 0 Å². The molecule has 4 heteroatoms. The van der Waals surface area contributed by atoms with Crippen molar-refractivity contribution in [3.05, 3.63) is 0 Å². The van der Waals surface area contributed by atoms with Crippen LogP contribution in [0.25, 0.3) is 0 Å². The zero-order valence-corrected chi connectivity index (χ0v) is 13.0. The number of nitrogens with zero attached hydrogens (tertiary/aromatic N) is 2. The molecule has 2 fully saturated rings. The van der Waals surface area contributed by atoms with Gasteiger partial charge in [0.1, 0.15) is 0 Å². The molecule has 0 aromatic heterocycles. The van der Waals surface area contributed by atoms with Gasteiger partial charge in [0.05, 0.1) is 0 Å². The lowest BCUT2D eigenvalue weighted by Crippen LogP contribution is -2.50. The summed E-state index contributed by atoms with van der Waals surface area (Å²) in [7, 11) is 4.39. The molecule has 2 aliphatic heterocycles. The normalized spacial score (nSPS) is 27.3. The van der Waals surface area contributed by atoms with Crippen LogP contribution in [0, 0.1) is 11.8 Å². The highest BCUT2D eigenvalue weighted by Gasteiger charge is 2.29. The van der Waals surface area contributed by atoms with Crippen LogP contribution in [0.4, 0.5) is 0 Å². The fourth-order valence-electron chi connectivity index (χ4n) is 3.79. The molecule has 0 aliphatic carbocycles. The highest BCUT2D eigenvalue weighted by Crippen LogP contribution is 2.24. The van der Waals surface area contributed by atoms with Crippen molar-refractivity contribution in [2.75, 3.05) is 59.9 Å². The zero-order chi connectivity index (χ0) is 13.7. The van der Waals surface area contributed by atoms with Crippen LogP contribution in [0.3, 0.4) is 0 Å². The van der Waals surface area contributed by atoms with E-state index in [-0.39, 0.29) is 0 Å². The Labute approximate surface area is 118 Å². The Morgan fingerprint density at radius 3 is 2.37 bits per heavy atom. The van der Waals surface area contributed by atoms with Crippen LogP contribution in [0.2, 0.25) is 0 Å². The Morgan fingerprint density at radius 2 is 1.79 bits per heavy atom. The summed E-state index contributed by atoms with van der Waals surface area (Å²) in [5, 5.41) is 7.05. The maximum absolute atomic E-state index is 3.62. The molecular formula is C15H32N4. The third kappa shape index (κ3) is 4.42. The molecule has 2 unspecified atom stereocenters. The van der Waals surface area contributed by atoms with E-state index in [0.717, 1.165) is 24.9 Å². The molecule has 0 bridgehead atoms. The minimum Gasteiger partial charge on any atom is -0.316 e. The van der Waals surface area contributed by atoms with Crippen molar-refractivity contribution in [2.45, 2.75) is 25.8 Å². The van der Waals surface area contributed by atoms with Crippen molar-refractivity contribution in [2.24, 2.45) is 11.8 Å². The second-order valence-corrected chi connectivity index (χ2v) is 6.48. The second-order valence-electron chi connectivity index (χ2n) is 6.48. The van der Waals surface area contributed by atoms with Gasteiger partial charge < -0.3 is 20.4 Å². The lowest BCUT2D eigenvalue weighted by Gasteiger charge is -2.39. The number of piperazine rings is 1. The van der Waals surface area contributed by atoms with Gasteiger partial charge in [-0.2, -0.15) is 0 Å². The van der Waals surface area contributed by atoms with Gasteiger partial charge in [-0.1, -0.05) is 6.92 Å². The van der Waals surface area contributed by atoms with Crippen LogP contribution >= 0.6 is 0 Å². The molecule has 0 aromatic carbocycles. The van der Waals surface area contributed by atoms with E-state index in [1.807, 2.05) is 0 Å². The van der Waals surface area contributed by atoms with Crippen molar-refractivity contribution < 1.29 is 0 Å². The molecule has 2 saturated heterocycles. The molecule has 2 heterocycles. The fourth-order valence-corrected chi connectivity index (χ4v) is 3.79. The van der Waals surface area contributed by atoms with Crippen LogP contribution in [0.5, 0.6) is 0 Å². The number of piperidine rings is 1. The lowest BCUT2D eigenvalue weighted by molar-refractivity contribution is 0.132. The standard InChI is InChI=1S/C15H32N4/c1-13(12-19-10-6-17-7-11-19)15(16-2)14-4-8-18(3)9-5-14/h13-17H,4-12H2,1-3H3. The Balaban J connectivity index is 1.81. The van der Waals surface area contributed by atoms with E-state index in [1.165, 1.54) is 45.6 Å². The predicted molar refractivity (Wildman–Crippen MR) is 81.5 cm³/mol. The van der Waals surface area contributed by atoms with Crippen LogP contribution in [-0.4, -0.2) is 75.8 Å². The first-order chi connectivity index (χ1) is 9.20. The highest BCUT2D eigenvalue weighted by molar-refractivity contribution is 4.86. The number of rotatable bonds is 5. The summed E-state index contributed by atoms with van der Waals surface area (Å²) in [6, 6.07) is 0.684. The zero-order valence-electron chi connectivity index (χ0n) is 13.0. The minimum absolute atomic E-state index is 0.684. The molecule has 0 aromatic rings. The van der Waals surface area contributed by atoms with Gasteiger partial charge in [-0.3, -0.25) is 0 Å². The summed E-state index contributed by atoms with van der Waals surface area (Å²) < 4.78 is 0. The van der Waals surface area contributed by atoms with E-state index in [9.17, 15) is 0 Å². The van der Waals surface area contributed by atoms with Crippen molar-refractivity contribution >= 4 is 0 Å². The van der Waals surface area contributed by atoms with Crippen molar-refractivity contribution in [3.8, 4) is 0 Å². The maximum atomic E-state index is 3.62. The Bertz CT molecular complexity index is 245. The Morgan fingerprint density at radius 1 is 1.16 bits per heavy atom. The molecule has 2 atom stereocenters. The number of nitrogens with one attached hydrogen (secondary N) is 2. The predicted octanol–water partition coefficient (Wildman–Crippen LogP) is 0.458. The van der Waals surface area contributed by atoms with Crippen molar-refractivity contribution in [1.82, 2.24) is 20.4 Å². The van der Waals surface area contributed by atoms with Crippen molar-refractivity contribution in [3.63, 3.8) is 0 Å². The molecule has 0 spiro atoms. The molecule has 0 amide bonds. The van der Waals surface area contributed by atoms with Gasteiger partial charge in [0.25, 0.3) is 0 Å². The van der Waals surface area contributed by atoms with Crippen LogP contribution < -0.4 is 10.6 Å². The minimum atomic E-state index is 0.684. The van der Waals surface area contributed by atoms with Gasteiger partial charge in [0, 0.05) is 38.8 Å². The number of hydrogen-bond acceptors (Lipinski definition) is 4. The summed E-state index contributed by atoms with van der Waals surface area (Å²) >= 11 is 0. The summed E-state index contributed by atoms with van der Waals surface area (Å²) in [6.45, 7) is 11.0. The first-order valence-electron chi connectivity index (χ1n) is 7.99. The second kappa shape index (κ2) is 7.58. The van der Waals surface area contributed by atoms with Gasteiger partial charge >= 0.3 is 0 Å².